The van der Waals surface area contributed by atoms with Crippen LogP contribution < -0.4 is 0 Å². The van der Waals surface area contributed by atoms with Crippen molar-refractivity contribution < 1.29 is 9.53 Å². The first-order valence-electron chi connectivity index (χ1n) is 4.89. The van der Waals surface area contributed by atoms with Crippen LogP contribution in [-0.4, -0.2) is 34.0 Å². The predicted octanol–water partition coefficient (Wildman–Crippen LogP) is 2.35. The van der Waals surface area contributed by atoms with Crippen LogP contribution >= 0.6 is 23.4 Å². The molecule has 0 aliphatic heterocycles. The largest absolute Gasteiger partial charge is 0.460 e. The molecule has 4 nitrogen and oxygen atoms in total. The maximum absolute atomic E-state index is 11.6. The Morgan fingerprint density at radius 1 is 1.62 bits per heavy atom. The topological polar surface area (TPSA) is 52.1 Å². The maximum atomic E-state index is 11.6. The second kappa shape index (κ2) is 6.70. The van der Waals surface area contributed by atoms with Crippen LogP contribution in [0.25, 0.3) is 0 Å². The number of aryl methyl sites for hydroxylation is 1. The van der Waals surface area contributed by atoms with Gasteiger partial charge in [0.25, 0.3) is 0 Å². The first-order valence-corrected chi connectivity index (χ1v) is 6.42. The van der Waals surface area contributed by atoms with Gasteiger partial charge < -0.3 is 4.74 Å². The summed E-state index contributed by atoms with van der Waals surface area (Å²) in [6.07, 6.45) is 1.40. The van der Waals surface area contributed by atoms with Crippen LogP contribution in [0.15, 0.2) is 6.20 Å². The summed E-state index contributed by atoms with van der Waals surface area (Å²) in [7, 11) is 0. The third-order valence-corrected chi connectivity index (χ3v) is 2.86. The summed E-state index contributed by atoms with van der Waals surface area (Å²) in [5, 5.41) is 0.221. The van der Waals surface area contributed by atoms with E-state index in [1.54, 1.807) is 18.7 Å². The Hall–Kier alpha value is -0.810. The van der Waals surface area contributed by atoms with E-state index in [1.165, 1.54) is 6.20 Å². The van der Waals surface area contributed by atoms with E-state index in [9.17, 15) is 4.79 Å². The average molecular weight is 261 g/mol. The number of carbonyl (C=O) groups excluding carboxylic acids is 1. The number of aromatic nitrogens is 2. The molecule has 88 valence electrons. The van der Waals surface area contributed by atoms with Gasteiger partial charge in [0.2, 0.25) is 0 Å². The van der Waals surface area contributed by atoms with Crippen LogP contribution in [0.4, 0.5) is 0 Å². The zero-order valence-corrected chi connectivity index (χ0v) is 10.8. The minimum absolute atomic E-state index is 0.135. The summed E-state index contributed by atoms with van der Waals surface area (Å²) in [6.45, 7) is 4.12. The molecule has 1 rings (SSSR count). The number of thioether (sulfide) groups is 1. The third-order valence-electron chi connectivity index (χ3n) is 1.72. The smallest absolute Gasteiger partial charge is 0.358 e. The lowest BCUT2D eigenvalue weighted by atomic mass is 10.4. The fourth-order valence-electron chi connectivity index (χ4n) is 1.00. The van der Waals surface area contributed by atoms with Gasteiger partial charge in [-0.3, -0.25) is 0 Å². The highest BCUT2D eigenvalue weighted by Crippen LogP contribution is 2.13. The molecule has 16 heavy (non-hydrogen) atoms. The molecular weight excluding hydrogens is 248 g/mol. The van der Waals surface area contributed by atoms with Crippen molar-refractivity contribution in [3.05, 3.63) is 22.7 Å². The van der Waals surface area contributed by atoms with E-state index in [4.69, 9.17) is 16.3 Å². The highest BCUT2D eigenvalue weighted by atomic mass is 35.5. The van der Waals surface area contributed by atoms with Gasteiger partial charge >= 0.3 is 5.97 Å². The molecule has 1 heterocycles. The van der Waals surface area contributed by atoms with Gasteiger partial charge in [0.05, 0.1) is 11.2 Å². The lowest BCUT2D eigenvalue weighted by molar-refractivity contribution is 0.0523. The number of nitrogens with zero attached hydrogens (tertiary/aromatic N) is 2. The summed E-state index contributed by atoms with van der Waals surface area (Å²) in [5.41, 5.74) is 0.135. The first kappa shape index (κ1) is 13.3. The van der Waals surface area contributed by atoms with Gasteiger partial charge in [-0.15, -0.1) is 0 Å². The fourth-order valence-corrected chi connectivity index (χ4v) is 1.66. The SMILES string of the molecule is CCSCCOC(=O)c1nc(C)ncc1Cl. The highest BCUT2D eigenvalue weighted by Gasteiger charge is 2.14. The molecule has 0 radical (unpaired) electrons. The monoisotopic (exact) mass is 260 g/mol. The summed E-state index contributed by atoms with van der Waals surface area (Å²) < 4.78 is 5.03. The van der Waals surface area contributed by atoms with Crippen LogP contribution in [0.5, 0.6) is 0 Å². The first-order chi connectivity index (χ1) is 7.65. The molecule has 0 unspecified atom stereocenters. The molecule has 6 heteroatoms. The number of carbonyl (C=O) groups is 1. The lowest BCUT2D eigenvalue weighted by Gasteiger charge is -2.05. The fraction of sp³-hybridized carbons (Fsp3) is 0.500. The highest BCUT2D eigenvalue weighted by molar-refractivity contribution is 7.99. The number of rotatable bonds is 5. The van der Waals surface area contributed by atoms with Crippen LogP contribution in [0.1, 0.15) is 23.2 Å². The second-order valence-electron chi connectivity index (χ2n) is 2.95. The average Bonchev–Trinajstić information content (AvgIpc) is 2.27. The zero-order valence-electron chi connectivity index (χ0n) is 9.20. The molecule has 1 aromatic heterocycles. The summed E-state index contributed by atoms with van der Waals surface area (Å²) in [4.78, 5) is 19.4. The molecule has 0 bridgehead atoms. The van der Waals surface area contributed by atoms with Crippen molar-refractivity contribution in [3.63, 3.8) is 0 Å². The lowest BCUT2D eigenvalue weighted by Crippen LogP contribution is -2.11. The Morgan fingerprint density at radius 3 is 3.06 bits per heavy atom. The van der Waals surface area contributed by atoms with Gasteiger partial charge in [-0.1, -0.05) is 18.5 Å². The van der Waals surface area contributed by atoms with E-state index in [2.05, 4.69) is 16.9 Å². The second-order valence-corrected chi connectivity index (χ2v) is 4.75. The number of hydrogen-bond donors (Lipinski definition) is 0. The van der Waals surface area contributed by atoms with Gasteiger partial charge in [0.15, 0.2) is 5.69 Å². The number of halogens is 1. The standard InChI is InChI=1S/C10H13ClN2O2S/c1-3-16-5-4-15-10(14)9-8(11)6-12-7(2)13-9/h6H,3-5H2,1-2H3. The molecular formula is C10H13ClN2O2S. The van der Waals surface area contributed by atoms with Crippen LogP contribution in [0.3, 0.4) is 0 Å². The van der Waals surface area contributed by atoms with Crippen molar-refractivity contribution in [2.45, 2.75) is 13.8 Å². The molecule has 0 spiro atoms. The van der Waals surface area contributed by atoms with E-state index < -0.39 is 5.97 Å². The minimum Gasteiger partial charge on any atom is -0.460 e. The van der Waals surface area contributed by atoms with Crippen molar-refractivity contribution in [2.24, 2.45) is 0 Å². The molecule has 0 saturated heterocycles. The van der Waals surface area contributed by atoms with Crippen molar-refractivity contribution in [3.8, 4) is 0 Å². The molecule has 0 aromatic carbocycles. The van der Waals surface area contributed by atoms with Crippen molar-refractivity contribution >= 4 is 29.3 Å². The molecule has 0 fully saturated rings. The molecule has 0 atom stereocenters. The molecule has 0 aliphatic carbocycles. The van der Waals surface area contributed by atoms with Crippen LogP contribution in [0, 0.1) is 6.92 Å². The molecule has 0 aliphatic rings. The molecule has 0 saturated carbocycles. The molecule has 1 aromatic rings. The molecule has 0 N–H and O–H groups in total. The Bertz CT molecular complexity index is 374. The Kier molecular flexibility index (Phi) is 5.55. The van der Waals surface area contributed by atoms with Crippen LogP contribution in [-0.2, 0) is 4.74 Å². The van der Waals surface area contributed by atoms with E-state index in [0.717, 1.165) is 11.5 Å². The normalized spacial score (nSPS) is 10.2. The van der Waals surface area contributed by atoms with Crippen molar-refractivity contribution in [1.82, 2.24) is 9.97 Å². The van der Waals surface area contributed by atoms with Gasteiger partial charge in [0, 0.05) is 5.75 Å². The van der Waals surface area contributed by atoms with Gasteiger partial charge in [-0.25, -0.2) is 14.8 Å². The number of esters is 1. The Balaban J connectivity index is 2.55. The summed E-state index contributed by atoms with van der Waals surface area (Å²) >= 11 is 7.51. The number of ether oxygens (including phenoxy) is 1. The quantitative estimate of drug-likeness (QED) is 0.601. The van der Waals surface area contributed by atoms with Gasteiger partial charge in [-0.2, -0.15) is 11.8 Å². The maximum Gasteiger partial charge on any atom is 0.358 e. The number of hydrogen-bond acceptors (Lipinski definition) is 5. The third kappa shape index (κ3) is 3.98. The zero-order chi connectivity index (χ0) is 12.0. The Labute approximate surface area is 104 Å². The molecule has 0 amide bonds. The van der Waals surface area contributed by atoms with E-state index in [-0.39, 0.29) is 10.7 Å². The van der Waals surface area contributed by atoms with E-state index >= 15 is 0 Å². The summed E-state index contributed by atoms with van der Waals surface area (Å²) in [6, 6.07) is 0. The van der Waals surface area contributed by atoms with Gasteiger partial charge in [-0.05, 0) is 12.7 Å². The van der Waals surface area contributed by atoms with Crippen LogP contribution in [0.2, 0.25) is 5.02 Å². The van der Waals surface area contributed by atoms with Crippen molar-refractivity contribution in [2.75, 3.05) is 18.1 Å². The van der Waals surface area contributed by atoms with E-state index in [1.807, 2.05) is 0 Å². The Morgan fingerprint density at radius 2 is 2.38 bits per heavy atom. The summed E-state index contributed by atoms with van der Waals surface area (Å²) in [5.74, 6) is 1.79. The minimum atomic E-state index is -0.493. The van der Waals surface area contributed by atoms with Gasteiger partial charge in [0.1, 0.15) is 12.4 Å². The van der Waals surface area contributed by atoms with Crippen molar-refractivity contribution in [1.29, 1.82) is 0 Å². The van der Waals surface area contributed by atoms with E-state index in [0.29, 0.717) is 12.4 Å². The predicted molar refractivity (Wildman–Crippen MR) is 65.1 cm³/mol.